The second-order valence-corrected chi connectivity index (χ2v) is 12.2. The van der Waals surface area contributed by atoms with Crippen molar-refractivity contribution in [1.29, 1.82) is 0 Å². The zero-order valence-corrected chi connectivity index (χ0v) is 25.9. The van der Waals surface area contributed by atoms with Crippen molar-refractivity contribution >= 4 is 34.4 Å². The molecule has 0 unspecified atom stereocenters. The minimum Gasteiger partial charge on any atom is -0.273 e. The van der Waals surface area contributed by atoms with Gasteiger partial charge in [-0.25, -0.2) is 0 Å². The van der Waals surface area contributed by atoms with Crippen molar-refractivity contribution in [2.24, 2.45) is 0 Å². The zero-order valence-electron chi connectivity index (χ0n) is 25.9. The highest BCUT2D eigenvalue weighted by Crippen LogP contribution is 2.42. The molecular formula is C38H38N2O4. The van der Waals surface area contributed by atoms with Crippen molar-refractivity contribution in [3.05, 3.63) is 118 Å². The Morgan fingerprint density at radius 1 is 0.432 bits per heavy atom. The lowest BCUT2D eigenvalue weighted by Crippen LogP contribution is -2.50. The summed E-state index contributed by atoms with van der Waals surface area (Å²) in [5, 5.41) is 0.817. The standard InChI is InChI=1S/C38H38N2O4/c1-5-37(6-2,25-15-11-9-12-16-25)23-39-33(41)27-19-21-29-32-30(22-20-28(31(27)32)34(39)42)36(44)40(35(29)43)24-38(7-3,8-4)26-17-13-10-14-18-26/h9-22H,5-8,23-24H2,1-4H3. The van der Waals surface area contributed by atoms with Crippen LogP contribution in [0.2, 0.25) is 0 Å². The smallest absolute Gasteiger partial charge is 0.261 e. The monoisotopic (exact) mass is 586 g/mol. The third kappa shape index (κ3) is 4.30. The van der Waals surface area contributed by atoms with E-state index in [1.807, 2.05) is 36.4 Å². The second kappa shape index (κ2) is 11.2. The van der Waals surface area contributed by atoms with Gasteiger partial charge in [0.2, 0.25) is 0 Å². The van der Waals surface area contributed by atoms with Gasteiger partial charge in [-0.2, -0.15) is 0 Å². The van der Waals surface area contributed by atoms with Crippen LogP contribution < -0.4 is 0 Å². The maximum Gasteiger partial charge on any atom is 0.261 e. The van der Waals surface area contributed by atoms with Crippen LogP contribution in [0.5, 0.6) is 0 Å². The SMILES string of the molecule is CCC(CC)(CN1C(=O)c2ccc3c4c(ccc(c24)C1=O)C(=O)N(CC(CC)(CC)c1ccccc1)C3=O)c1ccccc1. The summed E-state index contributed by atoms with van der Waals surface area (Å²) in [5.74, 6) is -1.57. The Hall–Kier alpha value is -4.58. The Balaban J connectivity index is 1.41. The Kier molecular flexibility index (Phi) is 7.48. The molecule has 0 bridgehead atoms. The summed E-state index contributed by atoms with van der Waals surface area (Å²) >= 11 is 0. The molecule has 0 radical (unpaired) electrons. The van der Waals surface area contributed by atoms with Gasteiger partial charge in [0.15, 0.2) is 0 Å². The van der Waals surface area contributed by atoms with E-state index in [0.29, 0.717) is 33.0 Å². The fraction of sp³-hybridized carbons (Fsp3) is 0.316. The summed E-state index contributed by atoms with van der Waals surface area (Å²) in [6, 6.07) is 26.7. The summed E-state index contributed by atoms with van der Waals surface area (Å²) in [5.41, 5.74) is 2.78. The highest BCUT2D eigenvalue weighted by molar-refractivity contribution is 6.33. The molecule has 224 valence electrons. The summed E-state index contributed by atoms with van der Waals surface area (Å²) in [6.07, 6.45) is 3.01. The number of hydrogen-bond acceptors (Lipinski definition) is 4. The molecule has 0 aromatic heterocycles. The Bertz CT molecular complexity index is 1580. The van der Waals surface area contributed by atoms with E-state index >= 15 is 0 Å². The van der Waals surface area contributed by atoms with Crippen LogP contribution in [-0.4, -0.2) is 46.5 Å². The van der Waals surface area contributed by atoms with Crippen LogP contribution in [0.1, 0.15) is 106 Å². The zero-order chi connectivity index (χ0) is 31.2. The highest BCUT2D eigenvalue weighted by Gasteiger charge is 2.44. The molecule has 6 nitrogen and oxygen atoms in total. The normalized spacial score (nSPS) is 15.0. The van der Waals surface area contributed by atoms with Crippen LogP contribution >= 0.6 is 0 Å². The van der Waals surface area contributed by atoms with Gasteiger partial charge in [0.25, 0.3) is 23.6 Å². The summed E-state index contributed by atoms with van der Waals surface area (Å²) in [4.78, 5) is 58.9. The largest absolute Gasteiger partial charge is 0.273 e. The third-order valence-electron chi connectivity index (χ3n) is 10.5. The van der Waals surface area contributed by atoms with E-state index in [4.69, 9.17) is 0 Å². The van der Waals surface area contributed by atoms with E-state index in [2.05, 4.69) is 52.0 Å². The predicted molar refractivity (Wildman–Crippen MR) is 172 cm³/mol. The maximum absolute atomic E-state index is 14.1. The lowest BCUT2D eigenvalue weighted by Gasteiger charge is -2.40. The molecule has 0 aliphatic carbocycles. The first-order valence-electron chi connectivity index (χ1n) is 15.7. The van der Waals surface area contributed by atoms with Gasteiger partial charge in [-0.1, -0.05) is 88.4 Å². The Labute approximate surface area is 258 Å². The van der Waals surface area contributed by atoms with Gasteiger partial charge < -0.3 is 0 Å². The Morgan fingerprint density at radius 3 is 0.955 bits per heavy atom. The van der Waals surface area contributed by atoms with Crippen LogP contribution in [0.4, 0.5) is 0 Å². The predicted octanol–water partition coefficient (Wildman–Crippen LogP) is 7.55. The average molecular weight is 587 g/mol. The lowest BCUT2D eigenvalue weighted by molar-refractivity contribution is 0.0543. The number of rotatable bonds is 10. The molecule has 2 heterocycles. The summed E-state index contributed by atoms with van der Waals surface area (Å²) in [6.45, 7) is 8.82. The first kappa shape index (κ1) is 29.5. The van der Waals surface area contributed by atoms with Crippen LogP contribution in [-0.2, 0) is 10.8 Å². The van der Waals surface area contributed by atoms with Crippen LogP contribution in [0.15, 0.2) is 84.9 Å². The van der Waals surface area contributed by atoms with Crippen LogP contribution in [0.25, 0.3) is 10.8 Å². The van der Waals surface area contributed by atoms with Crippen LogP contribution in [0.3, 0.4) is 0 Å². The average Bonchev–Trinajstić information content (AvgIpc) is 3.07. The van der Waals surface area contributed by atoms with Gasteiger partial charge in [-0.15, -0.1) is 0 Å². The molecule has 6 rings (SSSR count). The number of amides is 4. The molecule has 0 fully saturated rings. The van der Waals surface area contributed by atoms with E-state index in [-0.39, 0.29) is 13.1 Å². The molecule has 0 spiro atoms. The molecule has 4 aromatic carbocycles. The molecule has 0 atom stereocenters. The fourth-order valence-electron chi connectivity index (χ4n) is 7.40. The van der Waals surface area contributed by atoms with Gasteiger partial charge in [-0.05, 0) is 61.1 Å². The fourth-order valence-corrected chi connectivity index (χ4v) is 7.40. The van der Waals surface area contributed by atoms with E-state index in [1.54, 1.807) is 24.3 Å². The molecule has 0 saturated heterocycles. The maximum atomic E-state index is 14.1. The van der Waals surface area contributed by atoms with E-state index in [0.717, 1.165) is 36.8 Å². The number of hydrogen-bond donors (Lipinski definition) is 0. The minimum absolute atomic E-state index is 0.243. The van der Waals surface area contributed by atoms with Crippen molar-refractivity contribution in [1.82, 2.24) is 9.80 Å². The molecular weight excluding hydrogens is 548 g/mol. The molecule has 0 N–H and O–H groups in total. The van der Waals surface area contributed by atoms with Gasteiger partial charge in [0.05, 0.1) is 0 Å². The topological polar surface area (TPSA) is 74.8 Å². The molecule has 4 amide bonds. The molecule has 6 heteroatoms. The molecule has 44 heavy (non-hydrogen) atoms. The number of benzene rings is 4. The lowest BCUT2D eigenvalue weighted by atomic mass is 9.74. The second-order valence-electron chi connectivity index (χ2n) is 12.2. The van der Waals surface area contributed by atoms with Crippen molar-refractivity contribution in [3.63, 3.8) is 0 Å². The van der Waals surface area contributed by atoms with Gasteiger partial charge >= 0.3 is 0 Å². The first-order valence-corrected chi connectivity index (χ1v) is 15.7. The first-order chi connectivity index (χ1) is 21.3. The van der Waals surface area contributed by atoms with Gasteiger partial charge in [0.1, 0.15) is 0 Å². The third-order valence-corrected chi connectivity index (χ3v) is 10.5. The van der Waals surface area contributed by atoms with Crippen molar-refractivity contribution < 1.29 is 19.2 Å². The van der Waals surface area contributed by atoms with Crippen molar-refractivity contribution in [3.8, 4) is 0 Å². The van der Waals surface area contributed by atoms with E-state index in [1.165, 1.54) is 9.80 Å². The van der Waals surface area contributed by atoms with Crippen molar-refractivity contribution in [2.45, 2.75) is 64.2 Å². The molecule has 2 aliphatic rings. The van der Waals surface area contributed by atoms with Gasteiger partial charge in [0, 0.05) is 56.9 Å². The summed E-state index contributed by atoms with van der Waals surface area (Å²) in [7, 11) is 0. The van der Waals surface area contributed by atoms with Gasteiger partial charge in [-0.3, -0.25) is 29.0 Å². The Morgan fingerprint density at radius 2 is 0.705 bits per heavy atom. The number of nitrogens with zero attached hydrogens (tertiary/aromatic N) is 2. The van der Waals surface area contributed by atoms with Crippen molar-refractivity contribution in [2.75, 3.05) is 13.1 Å². The van der Waals surface area contributed by atoms with Crippen LogP contribution in [0, 0.1) is 0 Å². The molecule has 2 aliphatic heterocycles. The highest BCUT2D eigenvalue weighted by atomic mass is 16.2. The number of carbonyl (C=O) groups is 4. The quantitative estimate of drug-likeness (QED) is 0.180. The minimum atomic E-state index is -0.398. The summed E-state index contributed by atoms with van der Waals surface area (Å²) < 4.78 is 0. The number of imide groups is 2. The number of carbonyl (C=O) groups excluding carboxylic acids is 4. The van der Waals surface area contributed by atoms with E-state index in [9.17, 15) is 19.2 Å². The molecule has 4 aromatic rings. The molecule has 0 saturated carbocycles. The van der Waals surface area contributed by atoms with E-state index < -0.39 is 34.5 Å².